The van der Waals surface area contributed by atoms with Gasteiger partial charge in [0.2, 0.25) is 0 Å². The van der Waals surface area contributed by atoms with E-state index in [4.69, 9.17) is 23.4 Å². The third-order valence-electron chi connectivity index (χ3n) is 10.3. The first-order valence-corrected chi connectivity index (χ1v) is 20.6. The van der Waals surface area contributed by atoms with Crippen molar-refractivity contribution in [2.24, 2.45) is 0 Å². The summed E-state index contributed by atoms with van der Waals surface area (Å²) in [5.41, 5.74) is 2.03. The zero-order chi connectivity index (χ0) is 38.8. The molecule has 1 N–H and O–H groups in total. The Kier molecular flexibility index (Phi) is 10.9. The lowest BCUT2D eigenvalue weighted by Gasteiger charge is -2.38. The Labute approximate surface area is 316 Å². The Morgan fingerprint density at radius 2 is 1.44 bits per heavy atom. The molecule has 0 saturated carbocycles. The van der Waals surface area contributed by atoms with E-state index in [2.05, 4.69) is 54.1 Å². The summed E-state index contributed by atoms with van der Waals surface area (Å²) in [6.45, 7) is 10.4. The van der Waals surface area contributed by atoms with E-state index in [0.29, 0.717) is 22.7 Å². The zero-order valence-electron chi connectivity index (χ0n) is 32.2. The Balaban J connectivity index is 1.43. The number of hydrogen-bond donors (Lipinski definition) is 1. The number of methoxy groups -OCH3 is 2. The molecule has 1 aliphatic heterocycles. The maximum atomic E-state index is 14.7. The standard InChI is InChI=1S/C40H48N6O7Si/c1-39(2,3)54(8,9)53-34-33(47)31(52-37(34)46-25-43-32-35(41-24-42-36(32)46)44-38(48)45(4)5)23-51-40(26-13-11-10-12-14-26,27-15-19-29(49-6)20-16-27)28-17-21-30(50-7)22-18-28/h10-22,24-25,31,34,37H,23H2,1-9H3,(H,41,42,44,48)/t31-,34-,37-/m1/s1. The lowest BCUT2D eigenvalue weighted by Crippen LogP contribution is -2.47. The van der Waals surface area contributed by atoms with Crippen LogP contribution in [0, 0.1) is 0 Å². The molecule has 0 radical (unpaired) electrons. The number of imidazole rings is 1. The summed E-state index contributed by atoms with van der Waals surface area (Å²) in [6, 6.07) is 24.9. The fourth-order valence-electron chi connectivity index (χ4n) is 6.19. The predicted molar refractivity (Wildman–Crippen MR) is 207 cm³/mol. The number of carbonyl (C=O) groups excluding carboxylic acids is 2. The molecule has 1 saturated heterocycles. The average Bonchev–Trinajstić information content (AvgIpc) is 3.73. The molecule has 6 rings (SSSR count). The minimum absolute atomic E-state index is 0.120. The molecule has 3 atom stereocenters. The summed E-state index contributed by atoms with van der Waals surface area (Å²) in [6.07, 6.45) is -0.0938. The summed E-state index contributed by atoms with van der Waals surface area (Å²) in [5, 5.41) is 2.56. The molecule has 0 aliphatic carbocycles. The van der Waals surface area contributed by atoms with Crippen molar-refractivity contribution in [1.82, 2.24) is 24.4 Å². The van der Waals surface area contributed by atoms with Crippen molar-refractivity contribution in [3.63, 3.8) is 0 Å². The molecule has 1 aliphatic rings. The van der Waals surface area contributed by atoms with Gasteiger partial charge in [0.1, 0.15) is 29.5 Å². The van der Waals surface area contributed by atoms with Gasteiger partial charge in [-0.2, -0.15) is 0 Å². The second-order valence-corrected chi connectivity index (χ2v) is 19.7. The van der Waals surface area contributed by atoms with Gasteiger partial charge >= 0.3 is 6.03 Å². The summed E-state index contributed by atoms with van der Waals surface area (Å²) in [4.78, 5) is 41.9. The molecule has 0 unspecified atom stereocenters. The first kappa shape index (κ1) is 38.6. The molecule has 2 amide bonds. The van der Waals surface area contributed by atoms with Crippen LogP contribution < -0.4 is 14.8 Å². The Hall–Kier alpha value is -5.15. The van der Waals surface area contributed by atoms with Crippen LogP contribution in [0.15, 0.2) is 91.5 Å². The minimum Gasteiger partial charge on any atom is -0.497 e. The lowest BCUT2D eigenvalue weighted by atomic mass is 9.80. The van der Waals surface area contributed by atoms with E-state index in [0.717, 1.165) is 16.7 Å². The molecule has 3 aromatic carbocycles. The third-order valence-corrected chi connectivity index (χ3v) is 14.7. The van der Waals surface area contributed by atoms with Crippen LogP contribution in [0.1, 0.15) is 43.7 Å². The molecule has 0 bridgehead atoms. The number of nitrogens with zero attached hydrogens (tertiary/aromatic N) is 5. The minimum atomic E-state index is -2.54. The van der Waals surface area contributed by atoms with Gasteiger partial charge in [0, 0.05) is 14.1 Å². The monoisotopic (exact) mass is 752 g/mol. The predicted octanol–water partition coefficient (Wildman–Crippen LogP) is 6.80. The molecule has 13 nitrogen and oxygen atoms in total. The average molecular weight is 753 g/mol. The second-order valence-electron chi connectivity index (χ2n) is 14.9. The number of nitrogens with one attached hydrogen (secondary N) is 1. The van der Waals surface area contributed by atoms with Crippen LogP contribution in [-0.4, -0.2) is 91.7 Å². The number of Topliss-reactive ketones (excluding diaryl/α,β-unsaturated/α-hetero) is 1. The van der Waals surface area contributed by atoms with Gasteiger partial charge in [-0.25, -0.2) is 19.7 Å². The van der Waals surface area contributed by atoms with E-state index in [1.54, 1.807) is 32.9 Å². The normalized spacial score (nSPS) is 17.8. The molecule has 3 heterocycles. The van der Waals surface area contributed by atoms with Crippen molar-refractivity contribution >= 4 is 37.1 Å². The second kappa shape index (κ2) is 15.3. The number of fused-ring (bicyclic) bond motifs is 1. The Morgan fingerprint density at radius 1 is 0.870 bits per heavy atom. The van der Waals surface area contributed by atoms with Crippen molar-refractivity contribution in [2.75, 3.05) is 40.2 Å². The van der Waals surface area contributed by atoms with Crippen LogP contribution >= 0.6 is 0 Å². The van der Waals surface area contributed by atoms with E-state index in [9.17, 15) is 9.59 Å². The molecule has 1 fully saturated rings. The van der Waals surface area contributed by atoms with Crippen molar-refractivity contribution in [3.8, 4) is 11.5 Å². The Bertz CT molecular complexity index is 2030. The van der Waals surface area contributed by atoms with Gasteiger partial charge in [-0.15, -0.1) is 0 Å². The van der Waals surface area contributed by atoms with Gasteiger partial charge in [-0.3, -0.25) is 14.7 Å². The molecular weight excluding hydrogens is 705 g/mol. The molecule has 14 heteroatoms. The van der Waals surface area contributed by atoms with Crippen LogP contribution in [0.25, 0.3) is 11.2 Å². The highest BCUT2D eigenvalue weighted by atomic mass is 28.4. The van der Waals surface area contributed by atoms with Gasteiger partial charge < -0.3 is 28.3 Å². The maximum absolute atomic E-state index is 14.7. The highest BCUT2D eigenvalue weighted by Crippen LogP contribution is 2.44. The number of rotatable bonds is 12. The van der Waals surface area contributed by atoms with Crippen molar-refractivity contribution in [1.29, 1.82) is 0 Å². The highest BCUT2D eigenvalue weighted by Gasteiger charge is 2.52. The van der Waals surface area contributed by atoms with E-state index in [1.165, 1.54) is 17.6 Å². The number of ether oxygens (including phenoxy) is 4. The topological polar surface area (TPSA) is 139 Å². The van der Waals surface area contributed by atoms with Crippen molar-refractivity contribution in [2.45, 2.75) is 62.9 Å². The van der Waals surface area contributed by atoms with Gasteiger partial charge in [0.05, 0.1) is 27.2 Å². The highest BCUT2D eigenvalue weighted by molar-refractivity contribution is 6.74. The fourth-order valence-corrected chi connectivity index (χ4v) is 7.41. The number of urea groups is 1. The molecule has 284 valence electrons. The van der Waals surface area contributed by atoms with Crippen LogP contribution in [0.4, 0.5) is 10.6 Å². The van der Waals surface area contributed by atoms with Gasteiger partial charge in [0.15, 0.2) is 43.4 Å². The van der Waals surface area contributed by atoms with E-state index in [-0.39, 0.29) is 29.3 Å². The smallest absolute Gasteiger partial charge is 0.322 e. The summed E-state index contributed by atoms with van der Waals surface area (Å²) < 4.78 is 33.3. The van der Waals surface area contributed by atoms with Crippen molar-refractivity contribution in [3.05, 3.63) is 108 Å². The fraction of sp³-hybridized carbons (Fsp3) is 0.375. The number of carbonyl (C=O) groups is 2. The maximum Gasteiger partial charge on any atom is 0.322 e. The van der Waals surface area contributed by atoms with Gasteiger partial charge in [-0.1, -0.05) is 75.4 Å². The number of aromatic nitrogens is 4. The van der Waals surface area contributed by atoms with E-state index >= 15 is 0 Å². The van der Waals surface area contributed by atoms with Gasteiger partial charge in [-0.05, 0) is 59.1 Å². The van der Waals surface area contributed by atoms with E-state index < -0.39 is 32.4 Å². The molecular formula is C40H48N6O7Si. The van der Waals surface area contributed by atoms with Crippen molar-refractivity contribution < 1.29 is 33.0 Å². The first-order valence-electron chi connectivity index (χ1n) is 17.7. The van der Waals surface area contributed by atoms with E-state index in [1.807, 2.05) is 78.9 Å². The molecule has 2 aromatic heterocycles. The summed E-state index contributed by atoms with van der Waals surface area (Å²) in [5.74, 6) is 1.36. The van der Waals surface area contributed by atoms with Gasteiger partial charge in [0.25, 0.3) is 0 Å². The number of benzene rings is 3. The van der Waals surface area contributed by atoms with Crippen LogP contribution in [-0.2, 0) is 24.3 Å². The largest absolute Gasteiger partial charge is 0.497 e. The molecule has 54 heavy (non-hydrogen) atoms. The number of amides is 2. The molecule has 0 spiro atoms. The SMILES string of the molecule is COc1ccc(C(OC[C@H]2O[C@@H](n3cnc4c(NC(=O)N(C)C)ncnc43)[C@H](O[Si](C)(C)C(C)(C)C)C2=O)(c2ccccc2)c2ccc(OC)cc2)cc1. The van der Waals surface area contributed by atoms with Crippen LogP contribution in [0.2, 0.25) is 18.1 Å². The Morgan fingerprint density at radius 3 is 1.98 bits per heavy atom. The third kappa shape index (κ3) is 7.34. The van der Waals surface area contributed by atoms with Crippen LogP contribution in [0.3, 0.4) is 0 Å². The zero-order valence-corrected chi connectivity index (χ0v) is 33.2. The number of anilines is 1. The number of ketones is 1. The lowest BCUT2D eigenvalue weighted by molar-refractivity contribution is -0.131. The first-order chi connectivity index (χ1) is 25.7. The summed E-state index contributed by atoms with van der Waals surface area (Å²) >= 11 is 0. The summed E-state index contributed by atoms with van der Waals surface area (Å²) in [7, 11) is 3.97. The number of hydrogen-bond acceptors (Lipinski definition) is 10. The quantitative estimate of drug-likeness (QED) is 0.107. The molecule has 5 aromatic rings. The van der Waals surface area contributed by atoms with Crippen LogP contribution in [0.5, 0.6) is 11.5 Å².